The lowest BCUT2D eigenvalue weighted by atomic mass is 9.97. The zero-order valence-corrected chi connectivity index (χ0v) is 18.5. The Morgan fingerprint density at radius 2 is 1.77 bits per heavy atom. The molecule has 8 nitrogen and oxygen atoms in total. The Morgan fingerprint density at radius 1 is 1.06 bits per heavy atom. The van der Waals surface area contributed by atoms with Crippen LogP contribution < -0.4 is 5.32 Å². The molecule has 0 atom stereocenters. The SMILES string of the molecule is O=C(Nc1nnc(-c2ccccc2)o1)C1CCN(S(=O)(=O)c2cc(Cl)ccc2Cl)CC1. The standard InChI is InChI=1S/C20H18Cl2N4O4S/c21-15-6-7-16(22)17(12-15)31(28,29)26-10-8-13(9-11-26)18(27)23-20-25-24-19(30-20)14-4-2-1-3-5-14/h1-7,12-13H,8-11H2,(H,23,25,27). The van der Waals surface area contributed by atoms with Crippen LogP contribution in [0.5, 0.6) is 0 Å². The van der Waals surface area contributed by atoms with E-state index in [4.69, 9.17) is 27.6 Å². The minimum absolute atomic E-state index is 0.00427. The summed E-state index contributed by atoms with van der Waals surface area (Å²) < 4.78 is 32.6. The van der Waals surface area contributed by atoms with Crippen molar-refractivity contribution >= 4 is 45.1 Å². The largest absolute Gasteiger partial charge is 0.403 e. The van der Waals surface area contributed by atoms with Crippen LogP contribution in [0.1, 0.15) is 12.8 Å². The minimum atomic E-state index is -3.81. The van der Waals surface area contributed by atoms with Gasteiger partial charge in [0.15, 0.2) is 0 Å². The number of hydrogen-bond donors (Lipinski definition) is 1. The van der Waals surface area contributed by atoms with Gasteiger partial charge in [-0.1, -0.05) is 46.5 Å². The molecule has 0 bridgehead atoms. The third-order valence-corrected chi connectivity index (χ3v) is 7.63. The summed E-state index contributed by atoms with van der Waals surface area (Å²) in [6, 6.07) is 13.5. The molecule has 2 aromatic carbocycles. The van der Waals surface area contributed by atoms with Crippen LogP contribution in [-0.4, -0.2) is 41.9 Å². The number of anilines is 1. The number of benzene rings is 2. The maximum Gasteiger partial charge on any atom is 0.322 e. The monoisotopic (exact) mass is 480 g/mol. The van der Waals surface area contributed by atoms with Crippen molar-refractivity contribution in [3.63, 3.8) is 0 Å². The number of sulfonamides is 1. The van der Waals surface area contributed by atoms with Crippen LogP contribution in [0.3, 0.4) is 0 Å². The molecule has 0 aliphatic carbocycles. The summed E-state index contributed by atoms with van der Waals surface area (Å²) in [5, 5.41) is 10.8. The molecule has 1 aliphatic heterocycles. The number of hydrogen-bond acceptors (Lipinski definition) is 6. The van der Waals surface area contributed by atoms with Gasteiger partial charge in [0.25, 0.3) is 0 Å². The zero-order chi connectivity index (χ0) is 22.0. The predicted molar refractivity (Wildman–Crippen MR) is 116 cm³/mol. The Balaban J connectivity index is 1.38. The zero-order valence-electron chi connectivity index (χ0n) is 16.2. The molecule has 1 aliphatic rings. The smallest absolute Gasteiger partial charge is 0.322 e. The summed E-state index contributed by atoms with van der Waals surface area (Å²) in [5.41, 5.74) is 0.744. The molecule has 1 saturated heterocycles. The second kappa shape index (κ2) is 8.96. The van der Waals surface area contributed by atoms with Gasteiger partial charge in [0.1, 0.15) is 4.90 Å². The molecule has 31 heavy (non-hydrogen) atoms. The minimum Gasteiger partial charge on any atom is -0.403 e. The van der Waals surface area contributed by atoms with Gasteiger partial charge in [-0.3, -0.25) is 10.1 Å². The summed E-state index contributed by atoms with van der Waals surface area (Å²) in [6.07, 6.45) is 0.700. The van der Waals surface area contributed by atoms with Crippen molar-refractivity contribution in [2.45, 2.75) is 17.7 Å². The Hall–Kier alpha value is -2.46. The molecule has 1 aromatic heterocycles. The topological polar surface area (TPSA) is 105 Å². The van der Waals surface area contributed by atoms with Crippen molar-refractivity contribution in [2.75, 3.05) is 18.4 Å². The van der Waals surface area contributed by atoms with Crippen LogP contribution in [0.4, 0.5) is 6.01 Å². The van der Waals surface area contributed by atoms with Gasteiger partial charge in [0, 0.05) is 29.6 Å². The van der Waals surface area contributed by atoms with Crippen molar-refractivity contribution in [3.8, 4) is 11.5 Å². The number of aromatic nitrogens is 2. The fourth-order valence-electron chi connectivity index (χ4n) is 3.35. The molecule has 2 heterocycles. The molecule has 1 N–H and O–H groups in total. The van der Waals surface area contributed by atoms with Gasteiger partial charge in [0.2, 0.25) is 21.8 Å². The first-order chi connectivity index (χ1) is 14.8. The van der Waals surface area contributed by atoms with E-state index < -0.39 is 10.0 Å². The highest BCUT2D eigenvalue weighted by atomic mass is 35.5. The average Bonchev–Trinajstić information content (AvgIpc) is 3.24. The number of carbonyl (C=O) groups is 1. The highest BCUT2D eigenvalue weighted by Crippen LogP contribution is 2.30. The van der Waals surface area contributed by atoms with Crippen molar-refractivity contribution in [1.29, 1.82) is 0 Å². The quantitative estimate of drug-likeness (QED) is 0.589. The van der Waals surface area contributed by atoms with Crippen LogP contribution in [0, 0.1) is 5.92 Å². The van der Waals surface area contributed by atoms with Gasteiger partial charge in [-0.25, -0.2) is 8.42 Å². The number of amides is 1. The van der Waals surface area contributed by atoms with Crippen LogP contribution in [-0.2, 0) is 14.8 Å². The number of halogens is 2. The van der Waals surface area contributed by atoms with Gasteiger partial charge in [-0.15, -0.1) is 5.10 Å². The number of carbonyl (C=O) groups excluding carboxylic acids is 1. The first-order valence-electron chi connectivity index (χ1n) is 9.49. The van der Waals surface area contributed by atoms with E-state index >= 15 is 0 Å². The molecule has 3 aromatic rings. The highest BCUT2D eigenvalue weighted by molar-refractivity contribution is 7.89. The maximum atomic E-state index is 12.9. The number of nitrogens with zero attached hydrogens (tertiary/aromatic N) is 3. The third-order valence-electron chi connectivity index (χ3n) is 5.01. The van der Waals surface area contributed by atoms with Crippen molar-refractivity contribution < 1.29 is 17.6 Å². The predicted octanol–water partition coefficient (Wildman–Crippen LogP) is 4.08. The molecule has 0 saturated carbocycles. The first kappa shape index (κ1) is 21.8. The van der Waals surface area contributed by atoms with E-state index in [2.05, 4.69) is 15.5 Å². The second-order valence-corrected chi connectivity index (χ2v) is 9.77. The van der Waals surface area contributed by atoms with Crippen molar-refractivity contribution in [1.82, 2.24) is 14.5 Å². The molecule has 0 radical (unpaired) electrons. The lowest BCUT2D eigenvalue weighted by Gasteiger charge is -2.30. The van der Waals surface area contributed by atoms with Crippen molar-refractivity contribution in [3.05, 3.63) is 58.6 Å². The van der Waals surface area contributed by atoms with E-state index in [9.17, 15) is 13.2 Å². The molecule has 11 heteroatoms. The van der Waals surface area contributed by atoms with E-state index in [1.807, 2.05) is 30.3 Å². The Bertz CT molecular complexity index is 1190. The normalized spacial score (nSPS) is 15.7. The summed E-state index contributed by atoms with van der Waals surface area (Å²) >= 11 is 12.0. The van der Waals surface area contributed by atoms with Gasteiger partial charge in [-0.2, -0.15) is 4.31 Å². The number of rotatable bonds is 5. The van der Waals surface area contributed by atoms with Crippen LogP contribution >= 0.6 is 23.2 Å². The number of nitrogens with one attached hydrogen (secondary N) is 1. The van der Waals surface area contributed by atoms with E-state index in [0.29, 0.717) is 18.7 Å². The lowest BCUT2D eigenvalue weighted by Crippen LogP contribution is -2.41. The Labute approximate surface area is 189 Å². The summed E-state index contributed by atoms with van der Waals surface area (Å²) in [5.74, 6) is -0.371. The first-order valence-corrected chi connectivity index (χ1v) is 11.7. The third kappa shape index (κ3) is 4.74. The summed E-state index contributed by atoms with van der Waals surface area (Å²) in [7, 11) is -3.81. The Kier molecular flexibility index (Phi) is 6.29. The average molecular weight is 481 g/mol. The van der Waals surface area contributed by atoms with E-state index in [1.165, 1.54) is 22.5 Å². The van der Waals surface area contributed by atoms with Gasteiger partial charge < -0.3 is 4.42 Å². The second-order valence-electron chi connectivity index (χ2n) is 7.02. The number of piperidine rings is 1. The van der Waals surface area contributed by atoms with Crippen LogP contribution in [0.2, 0.25) is 10.0 Å². The maximum absolute atomic E-state index is 12.9. The van der Waals surface area contributed by atoms with Gasteiger partial charge in [0.05, 0.1) is 5.02 Å². The lowest BCUT2D eigenvalue weighted by molar-refractivity contribution is -0.121. The fourth-order valence-corrected chi connectivity index (χ4v) is 5.56. The fraction of sp³-hybridized carbons (Fsp3) is 0.250. The van der Waals surface area contributed by atoms with Gasteiger partial charge >= 0.3 is 6.01 Å². The Morgan fingerprint density at radius 3 is 2.48 bits per heavy atom. The molecule has 1 fully saturated rings. The van der Waals surface area contributed by atoms with E-state index in [1.54, 1.807) is 0 Å². The molecule has 1 amide bonds. The van der Waals surface area contributed by atoms with Gasteiger partial charge in [-0.05, 0) is 43.2 Å². The summed E-state index contributed by atoms with van der Waals surface area (Å²) in [4.78, 5) is 12.6. The molecule has 4 rings (SSSR count). The van der Waals surface area contributed by atoms with Crippen molar-refractivity contribution in [2.24, 2.45) is 5.92 Å². The van der Waals surface area contributed by atoms with E-state index in [-0.39, 0.29) is 45.9 Å². The summed E-state index contributed by atoms with van der Waals surface area (Å²) in [6.45, 7) is 0.366. The molecule has 162 valence electrons. The van der Waals surface area contributed by atoms with E-state index in [0.717, 1.165) is 5.56 Å². The molecular formula is C20H18Cl2N4O4S. The van der Waals surface area contributed by atoms with Crippen LogP contribution in [0.25, 0.3) is 11.5 Å². The molecular weight excluding hydrogens is 463 g/mol. The molecule has 0 spiro atoms. The van der Waals surface area contributed by atoms with Crippen LogP contribution in [0.15, 0.2) is 57.8 Å². The molecule has 0 unspecified atom stereocenters. The highest BCUT2D eigenvalue weighted by Gasteiger charge is 2.33.